The van der Waals surface area contributed by atoms with Gasteiger partial charge in [0.1, 0.15) is 17.0 Å². The Balaban J connectivity index is 1.52. The predicted molar refractivity (Wildman–Crippen MR) is 113 cm³/mol. The van der Waals surface area contributed by atoms with E-state index >= 15 is 0 Å². The minimum absolute atomic E-state index is 0.0192. The van der Waals surface area contributed by atoms with E-state index in [4.69, 9.17) is 0 Å². The molecule has 0 amide bonds. The molecule has 1 aromatic carbocycles. The van der Waals surface area contributed by atoms with Crippen molar-refractivity contribution in [3.05, 3.63) is 48.3 Å². The van der Waals surface area contributed by atoms with Crippen molar-refractivity contribution >= 4 is 27.1 Å². The van der Waals surface area contributed by atoms with Crippen LogP contribution in [0.1, 0.15) is 19.8 Å². The Labute approximate surface area is 178 Å². The van der Waals surface area contributed by atoms with Crippen LogP contribution in [0.2, 0.25) is 0 Å². The number of halogens is 2. The van der Waals surface area contributed by atoms with E-state index in [9.17, 15) is 17.2 Å². The molecule has 164 valence electrons. The first kappa shape index (κ1) is 21.5. The fourth-order valence-corrected chi connectivity index (χ4v) is 4.86. The van der Waals surface area contributed by atoms with Gasteiger partial charge in [0.15, 0.2) is 5.82 Å². The molecule has 0 atom stereocenters. The molecule has 0 unspecified atom stereocenters. The molecule has 4 rings (SSSR count). The van der Waals surface area contributed by atoms with Gasteiger partial charge in [0, 0.05) is 42.8 Å². The number of rotatable bonds is 6. The number of nitrogens with one attached hydrogen (secondary N) is 2. The molecule has 2 N–H and O–H groups in total. The van der Waals surface area contributed by atoms with Crippen LogP contribution in [0.15, 0.2) is 36.7 Å². The van der Waals surface area contributed by atoms with Crippen LogP contribution in [0, 0.1) is 11.6 Å². The van der Waals surface area contributed by atoms with Crippen LogP contribution >= 0.6 is 0 Å². The number of pyridine rings is 1. The number of benzene rings is 1. The highest BCUT2D eigenvalue weighted by atomic mass is 32.2. The average Bonchev–Trinajstić information content (AvgIpc) is 2.75. The summed E-state index contributed by atoms with van der Waals surface area (Å²) in [5.41, 5.74) is 0.472. The zero-order valence-electron chi connectivity index (χ0n) is 16.8. The molecule has 2 aromatic heterocycles. The van der Waals surface area contributed by atoms with Gasteiger partial charge in [-0.3, -0.25) is 4.98 Å². The van der Waals surface area contributed by atoms with Gasteiger partial charge in [-0.1, -0.05) is 13.0 Å². The van der Waals surface area contributed by atoms with Gasteiger partial charge in [-0.2, -0.15) is 12.7 Å². The highest BCUT2D eigenvalue weighted by Crippen LogP contribution is 2.27. The Morgan fingerprint density at radius 3 is 2.68 bits per heavy atom. The Morgan fingerprint density at radius 2 is 1.94 bits per heavy atom. The summed E-state index contributed by atoms with van der Waals surface area (Å²) in [6.07, 6.45) is 3.64. The van der Waals surface area contributed by atoms with E-state index in [1.165, 1.54) is 16.6 Å². The van der Waals surface area contributed by atoms with E-state index in [1.807, 2.05) is 0 Å². The quantitative estimate of drug-likeness (QED) is 0.602. The van der Waals surface area contributed by atoms with E-state index in [2.05, 4.69) is 25.0 Å². The number of hydrogen-bond donors (Lipinski definition) is 2. The minimum Gasteiger partial charge on any atom is -0.351 e. The van der Waals surface area contributed by atoms with Gasteiger partial charge in [-0.05, 0) is 31.0 Å². The molecule has 0 radical (unpaired) electrons. The van der Waals surface area contributed by atoms with Gasteiger partial charge in [0.05, 0.1) is 6.20 Å². The van der Waals surface area contributed by atoms with E-state index in [0.29, 0.717) is 37.9 Å². The molecule has 3 heterocycles. The summed E-state index contributed by atoms with van der Waals surface area (Å²) < 4.78 is 57.0. The molecular weight excluding hydrogens is 426 g/mol. The number of piperidine rings is 1. The van der Waals surface area contributed by atoms with Crippen LogP contribution < -0.4 is 10.0 Å². The molecule has 0 spiro atoms. The Bertz CT molecular complexity index is 1200. The largest absolute Gasteiger partial charge is 0.351 e. The maximum absolute atomic E-state index is 14.4. The van der Waals surface area contributed by atoms with Crippen molar-refractivity contribution in [1.29, 1.82) is 0 Å². The number of aromatic nitrogens is 3. The predicted octanol–water partition coefficient (Wildman–Crippen LogP) is 2.70. The fraction of sp³-hybridized carbons (Fsp3) is 0.350. The van der Waals surface area contributed by atoms with Gasteiger partial charge < -0.3 is 5.32 Å². The zero-order valence-corrected chi connectivity index (χ0v) is 17.7. The maximum atomic E-state index is 14.4. The SMILES string of the molecule is CCNS(=O)(=O)N1CCC(Nc2ncc(F)c(-c3cc(F)c4ncccc4c3)n2)CC1. The normalized spacial score (nSPS) is 16.0. The molecule has 11 heteroatoms. The van der Waals surface area contributed by atoms with Gasteiger partial charge in [0.25, 0.3) is 10.2 Å². The Kier molecular flexibility index (Phi) is 6.08. The molecule has 0 saturated carbocycles. The first-order valence-corrected chi connectivity index (χ1v) is 11.4. The summed E-state index contributed by atoms with van der Waals surface area (Å²) in [6, 6.07) is 6.14. The van der Waals surface area contributed by atoms with Crippen LogP contribution in [0.25, 0.3) is 22.2 Å². The van der Waals surface area contributed by atoms with Gasteiger partial charge >= 0.3 is 0 Å². The van der Waals surface area contributed by atoms with Crippen molar-refractivity contribution in [2.24, 2.45) is 0 Å². The molecule has 0 aliphatic carbocycles. The van der Waals surface area contributed by atoms with Crippen molar-refractivity contribution in [3.63, 3.8) is 0 Å². The Morgan fingerprint density at radius 1 is 1.16 bits per heavy atom. The van der Waals surface area contributed by atoms with Gasteiger partial charge in [0.2, 0.25) is 5.95 Å². The lowest BCUT2D eigenvalue weighted by molar-refractivity contribution is 0.325. The minimum atomic E-state index is -3.47. The summed E-state index contributed by atoms with van der Waals surface area (Å²) in [7, 11) is -3.47. The highest BCUT2D eigenvalue weighted by Gasteiger charge is 2.27. The second-order valence-electron chi connectivity index (χ2n) is 7.24. The molecule has 0 bridgehead atoms. The molecule has 3 aromatic rings. The van der Waals surface area contributed by atoms with Crippen molar-refractivity contribution in [3.8, 4) is 11.3 Å². The van der Waals surface area contributed by atoms with Crippen molar-refractivity contribution in [2.75, 3.05) is 25.0 Å². The van der Waals surface area contributed by atoms with Gasteiger partial charge in [-0.15, -0.1) is 0 Å². The van der Waals surface area contributed by atoms with Crippen molar-refractivity contribution in [1.82, 2.24) is 24.0 Å². The molecule has 1 saturated heterocycles. The number of hydrogen-bond acceptors (Lipinski definition) is 6. The fourth-order valence-electron chi connectivity index (χ4n) is 3.62. The third-order valence-electron chi connectivity index (χ3n) is 5.13. The number of fused-ring (bicyclic) bond motifs is 1. The lowest BCUT2D eigenvalue weighted by atomic mass is 10.1. The maximum Gasteiger partial charge on any atom is 0.279 e. The van der Waals surface area contributed by atoms with Gasteiger partial charge in [-0.25, -0.2) is 23.5 Å². The van der Waals surface area contributed by atoms with E-state index < -0.39 is 21.8 Å². The summed E-state index contributed by atoms with van der Waals surface area (Å²) in [6.45, 7) is 2.76. The molecule has 1 aliphatic heterocycles. The second-order valence-corrected chi connectivity index (χ2v) is 9.00. The molecular formula is C20H22F2N6O2S. The standard InChI is InChI=1S/C20H22F2N6O2S/c1-2-25-31(29,30)28-8-5-15(6-9-28)26-20-24-12-17(22)19(27-20)14-10-13-4-3-7-23-18(13)16(21)11-14/h3-4,7,10-12,15,25H,2,5-6,8-9H2,1H3,(H,24,26,27). The topological polar surface area (TPSA) is 100 Å². The zero-order chi connectivity index (χ0) is 22.0. The first-order valence-electron chi connectivity index (χ1n) is 9.96. The van der Waals surface area contributed by atoms with Crippen LogP contribution in [-0.4, -0.2) is 53.4 Å². The van der Waals surface area contributed by atoms with Crippen LogP contribution in [0.3, 0.4) is 0 Å². The first-order chi connectivity index (χ1) is 14.9. The molecule has 31 heavy (non-hydrogen) atoms. The Hall–Kier alpha value is -2.76. The van der Waals surface area contributed by atoms with E-state index in [0.717, 1.165) is 6.20 Å². The average molecular weight is 448 g/mol. The molecule has 1 aliphatic rings. The smallest absolute Gasteiger partial charge is 0.279 e. The molecule has 1 fully saturated rings. The van der Waals surface area contributed by atoms with Crippen molar-refractivity contribution in [2.45, 2.75) is 25.8 Å². The third kappa shape index (κ3) is 4.63. The summed E-state index contributed by atoms with van der Waals surface area (Å²) >= 11 is 0. The highest BCUT2D eigenvalue weighted by molar-refractivity contribution is 7.87. The lowest BCUT2D eigenvalue weighted by Gasteiger charge is -2.31. The summed E-state index contributed by atoms with van der Waals surface area (Å²) in [4.78, 5) is 12.2. The lowest BCUT2D eigenvalue weighted by Crippen LogP contribution is -2.47. The van der Waals surface area contributed by atoms with Crippen LogP contribution in [0.4, 0.5) is 14.7 Å². The van der Waals surface area contributed by atoms with Crippen LogP contribution in [0.5, 0.6) is 0 Å². The second kappa shape index (κ2) is 8.77. The summed E-state index contributed by atoms with van der Waals surface area (Å²) in [5.74, 6) is -1.02. The number of nitrogens with zero attached hydrogens (tertiary/aromatic N) is 4. The van der Waals surface area contributed by atoms with E-state index in [-0.39, 0.29) is 28.8 Å². The van der Waals surface area contributed by atoms with Crippen molar-refractivity contribution < 1.29 is 17.2 Å². The third-order valence-corrected chi connectivity index (χ3v) is 6.83. The monoisotopic (exact) mass is 448 g/mol. The summed E-state index contributed by atoms with van der Waals surface area (Å²) in [5, 5.41) is 3.68. The molecule has 8 nitrogen and oxygen atoms in total. The number of anilines is 1. The van der Waals surface area contributed by atoms with Crippen LogP contribution in [-0.2, 0) is 10.2 Å². The van der Waals surface area contributed by atoms with E-state index in [1.54, 1.807) is 25.1 Å².